The number of hydrogen-bond acceptors (Lipinski definition) is 5. The predicted molar refractivity (Wildman–Crippen MR) is 108 cm³/mol. The summed E-state index contributed by atoms with van der Waals surface area (Å²) in [6.07, 6.45) is 1.68. The summed E-state index contributed by atoms with van der Waals surface area (Å²) in [5.41, 5.74) is 5.87. The van der Waals surface area contributed by atoms with Crippen LogP contribution in [-0.2, 0) is 11.3 Å². The van der Waals surface area contributed by atoms with Gasteiger partial charge in [0.15, 0.2) is 11.0 Å². The van der Waals surface area contributed by atoms with Crippen LogP contribution in [0.4, 0.5) is 4.39 Å². The molecule has 7 nitrogen and oxygen atoms in total. The Balaban J connectivity index is 1.61. The maximum atomic E-state index is 13.2. The van der Waals surface area contributed by atoms with E-state index < -0.39 is 11.8 Å². The number of hydrazine groups is 1. The second-order valence-electron chi connectivity index (χ2n) is 5.87. The number of aromatic nitrogens is 3. The Hall–Kier alpha value is -3.46. The van der Waals surface area contributed by atoms with Gasteiger partial charge in [0.2, 0.25) is 5.91 Å². The third kappa shape index (κ3) is 5.29. The van der Waals surface area contributed by atoms with Gasteiger partial charge < -0.3 is 0 Å². The molecule has 148 valence electrons. The Morgan fingerprint density at radius 3 is 2.48 bits per heavy atom. The van der Waals surface area contributed by atoms with E-state index in [1.165, 1.54) is 23.9 Å². The van der Waals surface area contributed by atoms with Crippen LogP contribution in [0, 0.1) is 5.82 Å². The lowest BCUT2D eigenvalue weighted by atomic mass is 10.2. The summed E-state index contributed by atoms with van der Waals surface area (Å²) >= 11 is 1.17. The number of nitrogens with zero attached hydrogens (tertiary/aromatic N) is 3. The van der Waals surface area contributed by atoms with Gasteiger partial charge in [0, 0.05) is 17.7 Å². The number of carbonyl (C=O) groups is 2. The fourth-order valence-corrected chi connectivity index (χ4v) is 3.20. The molecule has 0 saturated carbocycles. The van der Waals surface area contributed by atoms with Crippen LogP contribution in [0.5, 0.6) is 0 Å². The lowest BCUT2D eigenvalue weighted by Gasteiger charge is -2.09. The largest absolute Gasteiger partial charge is 0.298 e. The first kappa shape index (κ1) is 20.3. The maximum Gasteiger partial charge on any atom is 0.269 e. The SMILES string of the molecule is C=CCn1c(SCC(=O)NNC(=O)c2ccccc2)nnc1-c1ccc(F)cc1. The molecule has 1 aromatic heterocycles. The molecule has 29 heavy (non-hydrogen) atoms. The van der Waals surface area contributed by atoms with Gasteiger partial charge in [-0.2, -0.15) is 0 Å². The minimum absolute atomic E-state index is 0.0216. The smallest absolute Gasteiger partial charge is 0.269 e. The molecule has 2 aromatic carbocycles. The lowest BCUT2D eigenvalue weighted by Crippen LogP contribution is -2.42. The van der Waals surface area contributed by atoms with Crippen molar-refractivity contribution in [3.8, 4) is 11.4 Å². The summed E-state index contributed by atoms with van der Waals surface area (Å²) < 4.78 is 14.9. The van der Waals surface area contributed by atoms with E-state index in [4.69, 9.17) is 0 Å². The van der Waals surface area contributed by atoms with Gasteiger partial charge in [-0.3, -0.25) is 25.0 Å². The quantitative estimate of drug-likeness (QED) is 0.355. The monoisotopic (exact) mass is 411 g/mol. The van der Waals surface area contributed by atoms with Gasteiger partial charge in [0.25, 0.3) is 5.91 Å². The first-order chi connectivity index (χ1) is 14.1. The van der Waals surface area contributed by atoms with Crippen molar-refractivity contribution in [2.75, 3.05) is 5.75 Å². The number of hydrogen-bond donors (Lipinski definition) is 2. The lowest BCUT2D eigenvalue weighted by molar-refractivity contribution is -0.119. The molecule has 2 amide bonds. The van der Waals surface area contributed by atoms with Crippen LogP contribution in [0.15, 0.2) is 72.4 Å². The first-order valence-electron chi connectivity index (χ1n) is 8.65. The molecule has 0 bridgehead atoms. The van der Waals surface area contributed by atoms with Crippen LogP contribution in [0.2, 0.25) is 0 Å². The number of allylic oxidation sites excluding steroid dienone is 1. The topological polar surface area (TPSA) is 88.9 Å². The number of benzene rings is 2. The van der Waals surface area contributed by atoms with Crippen LogP contribution in [0.1, 0.15) is 10.4 Å². The van der Waals surface area contributed by atoms with Gasteiger partial charge in [0.05, 0.1) is 5.75 Å². The molecule has 0 unspecified atom stereocenters. The predicted octanol–water partition coefficient (Wildman–Crippen LogP) is 2.82. The number of rotatable bonds is 7. The molecule has 0 radical (unpaired) electrons. The summed E-state index contributed by atoms with van der Waals surface area (Å²) in [4.78, 5) is 24.0. The molecule has 0 aliphatic heterocycles. The summed E-state index contributed by atoms with van der Waals surface area (Å²) in [5.74, 6) is -0.570. The number of nitrogens with one attached hydrogen (secondary N) is 2. The standard InChI is InChI=1S/C20H18FN5O2S/c1-2-12-26-18(14-8-10-16(21)11-9-14)23-25-20(26)29-13-17(27)22-24-19(28)15-6-4-3-5-7-15/h2-11H,1,12-13H2,(H,22,27)(H,24,28). The van der Waals surface area contributed by atoms with Crippen molar-refractivity contribution in [1.82, 2.24) is 25.6 Å². The average Bonchev–Trinajstić information content (AvgIpc) is 3.14. The fourth-order valence-electron chi connectivity index (χ4n) is 2.46. The molecular weight excluding hydrogens is 393 g/mol. The van der Waals surface area contributed by atoms with Gasteiger partial charge in [-0.05, 0) is 36.4 Å². The maximum absolute atomic E-state index is 13.2. The molecule has 0 aliphatic rings. The van der Waals surface area contributed by atoms with Crippen LogP contribution < -0.4 is 10.9 Å². The van der Waals surface area contributed by atoms with Crippen molar-refractivity contribution in [3.63, 3.8) is 0 Å². The molecular formula is C20H18FN5O2S. The highest BCUT2D eigenvalue weighted by atomic mass is 32.2. The molecule has 0 spiro atoms. The highest BCUT2D eigenvalue weighted by Crippen LogP contribution is 2.24. The molecule has 0 atom stereocenters. The molecule has 0 aliphatic carbocycles. The second-order valence-corrected chi connectivity index (χ2v) is 6.81. The second kappa shape index (κ2) is 9.65. The van der Waals surface area contributed by atoms with E-state index in [1.54, 1.807) is 53.1 Å². The van der Waals surface area contributed by atoms with Crippen LogP contribution in [0.25, 0.3) is 11.4 Å². The Morgan fingerprint density at radius 2 is 1.79 bits per heavy atom. The summed E-state index contributed by atoms with van der Waals surface area (Å²) in [6.45, 7) is 4.15. The van der Waals surface area contributed by atoms with E-state index in [2.05, 4.69) is 27.6 Å². The van der Waals surface area contributed by atoms with Crippen molar-refractivity contribution < 1.29 is 14.0 Å². The Kier molecular flexibility index (Phi) is 6.75. The average molecular weight is 411 g/mol. The zero-order valence-electron chi connectivity index (χ0n) is 15.3. The third-order valence-electron chi connectivity index (χ3n) is 3.81. The summed E-state index contributed by atoms with van der Waals surface area (Å²) in [5, 5.41) is 8.77. The van der Waals surface area contributed by atoms with Gasteiger partial charge in [-0.15, -0.1) is 16.8 Å². The van der Waals surface area contributed by atoms with Crippen LogP contribution in [-0.4, -0.2) is 32.3 Å². The molecule has 0 fully saturated rings. The zero-order chi connectivity index (χ0) is 20.6. The Morgan fingerprint density at radius 1 is 1.07 bits per heavy atom. The fraction of sp³-hybridized carbons (Fsp3) is 0.100. The summed E-state index contributed by atoms with van der Waals surface area (Å²) in [6, 6.07) is 14.5. The first-order valence-corrected chi connectivity index (χ1v) is 9.64. The molecule has 3 aromatic rings. The highest BCUT2D eigenvalue weighted by molar-refractivity contribution is 7.99. The van der Waals surface area contributed by atoms with E-state index in [9.17, 15) is 14.0 Å². The molecule has 3 rings (SSSR count). The van der Waals surface area contributed by atoms with Crippen molar-refractivity contribution in [2.24, 2.45) is 0 Å². The van der Waals surface area contributed by atoms with Gasteiger partial charge in [-0.1, -0.05) is 36.0 Å². The number of amides is 2. The Bertz CT molecular complexity index is 1010. The number of halogens is 1. The van der Waals surface area contributed by atoms with Crippen molar-refractivity contribution >= 4 is 23.6 Å². The number of carbonyl (C=O) groups excluding carboxylic acids is 2. The van der Waals surface area contributed by atoms with Crippen LogP contribution >= 0.6 is 11.8 Å². The van der Waals surface area contributed by atoms with Gasteiger partial charge in [0.1, 0.15) is 5.82 Å². The number of thioether (sulfide) groups is 1. The molecule has 9 heteroatoms. The van der Waals surface area contributed by atoms with Crippen molar-refractivity contribution in [3.05, 3.63) is 78.6 Å². The van der Waals surface area contributed by atoms with E-state index in [1.807, 2.05) is 0 Å². The van der Waals surface area contributed by atoms with Gasteiger partial charge >= 0.3 is 0 Å². The molecule has 1 heterocycles. The third-order valence-corrected chi connectivity index (χ3v) is 4.78. The van der Waals surface area contributed by atoms with E-state index in [0.717, 1.165) is 0 Å². The van der Waals surface area contributed by atoms with E-state index >= 15 is 0 Å². The van der Waals surface area contributed by atoms with E-state index in [-0.39, 0.29) is 11.6 Å². The zero-order valence-corrected chi connectivity index (χ0v) is 16.2. The normalized spacial score (nSPS) is 10.4. The molecule has 2 N–H and O–H groups in total. The summed E-state index contributed by atoms with van der Waals surface area (Å²) in [7, 11) is 0. The van der Waals surface area contributed by atoms with Crippen LogP contribution in [0.3, 0.4) is 0 Å². The Labute approximate surface area is 171 Å². The van der Waals surface area contributed by atoms with E-state index in [0.29, 0.717) is 28.7 Å². The molecule has 0 saturated heterocycles. The highest BCUT2D eigenvalue weighted by Gasteiger charge is 2.15. The van der Waals surface area contributed by atoms with Crippen molar-refractivity contribution in [1.29, 1.82) is 0 Å². The minimum Gasteiger partial charge on any atom is -0.298 e. The van der Waals surface area contributed by atoms with Crippen molar-refractivity contribution in [2.45, 2.75) is 11.7 Å². The minimum atomic E-state index is -0.405. The van der Waals surface area contributed by atoms with Gasteiger partial charge in [-0.25, -0.2) is 4.39 Å².